The molecule has 2 fully saturated rings. The van der Waals surface area contributed by atoms with Gasteiger partial charge in [0, 0.05) is 18.2 Å². The Hall–Kier alpha value is -2.84. The molecular weight excluding hydrogens is 479 g/mol. The van der Waals surface area contributed by atoms with Crippen molar-refractivity contribution in [3.8, 4) is 11.5 Å². The molecule has 0 spiro atoms. The molecule has 3 atom stereocenters. The highest BCUT2D eigenvalue weighted by Gasteiger charge is 2.39. The number of amides is 2. The molecule has 2 aliphatic rings. The molecule has 2 aliphatic carbocycles. The Morgan fingerprint density at radius 1 is 1.11 bits per heavy atom. The number of hydrogen-bond acceptors (Lipinski definition) is 5. The molecule has 9 heteroatoms. The number of halogens is 1. The van der Waals surface area contributed by atoms with Gasteiger partial charge in [0.25, 0.3) is 5.91 Å². The number of carbonyl (C=O) groups is 3. The average molecular weight is 521 g/mol. The van der Waals surface area contributed by atoms with Crippen molar-refractivity contribution in [3.05, 3.63) is 23.5 Å². The predicted octanol–water partition coefficient (Wildman–Crippen LogP) is 4.70. The van der Waals surface area contributed by atoms with E-state index in [9.17, 15) is 23.9 Å². The van der Waals surface area contributed by atoms with Gasteiger partial charge in [-0.05, 0) is 63.9 Å². The van der Waals surface area contributed by atoms with E-state index in [1.165, 1.54) is 13.2 Å². The molecule has 0 aliphatic heterocycles. The second kappa shape index (κ2) is 11.3. The molecule has 2 saturated carbocycles. The minimum Gasteiger partial charge on any atom is -0.496 e. The number of carbonyl (C=O) groups excluding carboxylic acids is 2. The molecule has 1 aromatic carbocycles. The lowest BCUT2D eigenvalue weighted by atomic mass is 9.75. The Balaban J connectivity index is 1.71. The summed E-state index contributed by atoms with van der Waals surface area (Å²) in [6, 6.07) is 2.09. The number of methoxy groups -OCH3 is 1. The van der Waals surface area contributed by atoms with E-state index in [1.807, 2.05) is 6.92 Å². The zero-order valence-corrected chi connectivity index (χ0v) is 22.8. The molecule has 1 aromatic rings. The van der Waals surface area contributed by atoms with E-state index in [0.29, 0.717) is 38.5 Å². The lowest BCUT2D eigenvalue weighted by Gasteiger charge is -2.34. The topological polar surface area (TPSA) is 114 Å². The predicted molar refractivity (Wildman–Crippen MR) is 137 cm³/mol. The van der Waals surface area contributed by atoms with Crippen LogP contribution in [0.4, 0.5) is 4.39 Å². The monoisotopic (exact) mass is 520 g/mol. The molecule has 0 aromatic heterocycles. The van der Waals surface area contributed by atoms with Crippen LogP contribution in [0.25, 0.3) is 0 Å². The van der Waals surface area contributed by atoms with Gasteiger partial charge >= 0.3 is 5.97 Å². The van der Waals surface area contributed by atoms with Gasteiger partial charge in [0.05, 0.1) is 30.1 Å². The highest BCUT2D eigenvalue weighted by Crippen LogP contribution is 2.39. The van der Waals surface area contributed by atoms with Crippen molar-refractivity contribution in [2.75, 3.05) is 7.11 Å². The Bertz CT molecular complexity index is 1010. The van der Waals surface area contributed by atoms with E-state index >= 15 is 0 Å². The van der Waals surface area contributed by atoms with Crippen LogP contribution in [0.5, 0.6) is 11.5 Å². The minimum absolute atomic E-state index is 0.0259. The highest BCUT2D eigenvalue weighted by molar-refractivity contribution is 5.98. The maximum atomic E-state index is 14.8. The summed E-state index contributed by atoms with van der Waals surface area (Å²) < 4.78 is 26.0. The lowest BCUT2D eigenvalue weighted by Crippen LogP contribution is -2.49. The summed E-state index contributed by atoms with van der Waals surface area (Å²) in [5.74, 6) is -2.38. The number of carboxylic acid groups (broad SMARTS) is 1. The van der Waals surface area contributed by atoms with Gasteiger partial charge in [-0.25, -0.2) is 4.39 Å². The SMILES string of the molecule is COc1cc(F)c(OC2CCC(C)(C(=O)O)CC2)cc1C(=O)N[C@@H]1CCC[C@@H]1C(=O)N[C@@H](C)C(C)(C)C. The van der Waals surface area contributed by atoms with Crippen molar-refractivity contribution in [2.45, 2.75) is 97.8 Å². The summed E-state index contributed by atoms with van der Waals surface area (Å²) in [4.78, 5) is 37.8. The zero-order valence-electron chi connectivity index (χ0n) is 22.8. The van der Waals surface area contributed by atoms with Crippen LogP contribution in [0.15, 0.2) is 12.1 Å². The Labute approximate surface area is 218 Å². The summed E-state index contributed by atoms with van der Waals surface area (Å²) in [5, 5.41) is 15.5. The second-order valence-electron chi connectivity index (χ2n) is 11.9. The van der Waals surface area contributed by atoms with Crippen molar-refractivity contribution in [1.29, 1.82) is 0 Å². The van der Waals surface area contributed by atoms with Crippen LogP contribution in [-0.4, -0.2) is 48.2 Å². The first kappa shape index (κ1) is 28.7. The minimum atomic E-state index is -0.840. The first-order chi connectivity index (χ1) is 17.2. The maximum absolute atomic E-state index is 14.8. The molecule has 8 nitrogen and oxygen atoms in total. The molecule has 0 saturated heterocycles. The van der Waals surface area contributed by atoms with Gasteiger partial charge in [0.15, 0.2) is 11.6 Å². The van der Waals surface area contributed by atoms with Crippen LogP contribution >= 0.6 is 0 Å². The largest absolute Gasteiger partial charge is 0.496 e. The summed E-state index contributed by atoms with van der Waals surface area (Å²) in [6.07, 6.45) is 3.62. The molecule has 0 heterocycles. The third-order valence-corrected chi connectivity index (χ3v) is 8.17. The summed E-state index contributed by atoms with van der Waals surface area (Å²) >= 11 is 0. The second-order valence-corrected chi connectivity index (χ2v) is 11.9. The number of benzene rings is 1. The van der Waals surface area contributed by atoms with Crippen LogP contribution in [0.3, 0.4) is 0 Å². The smallest absolute Gasteiger partial charge is 0.309 e. The van der Waals surface area contributed by atoms with E-state index in [0.717, 1.165) is 12.5 Å². The number of aliphatic carboxylic acids is 1. The van der Waals surface area contributed by atoms with Crippen LogP contribution in [0.2, 0.25) is 0 Å². The highest BCUT2D eigenvalue weighted by atomic mass is 19.1. The van der Waals surface area contributed by atoms with Gasteiger partial charge in [-0.1, -0.05) is 27.2 Å². The third-order valence-electron chi connectivity index (χ3n) is 8.17. The van der Waals surface area contributed by atoms with E-state index in [1.54, 1.807) is 6.92 Å². The molecule has 0 bridgehead atoms. The molecule has 0 unspecified atom stereocenters. The van der Waals surface area contributed by atoms with Gasteiger partial charge in [-0.2, -0.15) is 0 Å². The van der Waals surface area contributed by atoms with E-state index in [4.69, 9.17) is 9.47 Å². The van der Waals surface area contributed by atoms with Gasteiger partial charge in [-0.15, -0.1) is 0 Å². The summed E-state index contributed by atoms with van der Waals surface area (Å²) in [7, 11) is 1.36. The number of rotatable bonds is 8. The molecule has 3 rings (SSSR count). The number of hydrogen-bond donors (Lipinski definition) is 3. The Kier molecular flexibility index (Phi) is 8.75. The van der Waals surface area contributed by atoms with Crippen LogP contribution in [0, 0.1) is 22.6 Å². The average Bonchev–Trinajstić information content (AvgIpc) is 3.28. The summed E-state index contributed by atoms with van der Waals surface area (Å²) in [5.41, 5.74) is -0.771. The van der Waals surface area contributed by atoms with Gasteiger partial charge in [0.1, 0.15) is 5.75 Å². The fourth-order valence-corrected chi connectivity index (χ4v) is 4.94. The fourth-order valence-electron chi connectivity index (χ4n) is 4.94. The van der Waals surface area contributed by atoms with Crippen molar-refractivity contribution in [3.63, 3.8) is 0 Å². The first-order valence-corrected chi connectivity index (χ1v) is 13.1. The van der Waals surface area contributed by atoms with Gasteiger partial charge < -0.3 is 25.2 Å². The normalized spacial score (nSPS) is 26.7. The number of nitrogens with one attached hydrogen (secondary N) is 2. The van der Waals surface area contributed by atoms with Crippen molar-refractivity contribution < 1.29 is 33.4 Å². The molecular formula is C28H41FN2O6. The molecule has 0 radical (unpaired) electrons. The summed E-state index contributed by atoms with van der Waals surface area (Å²) in [6.45, 7) is 9.86. The van der Waals surface area contributed by atoms with Crippen LogP contribution in [0.1, 0.15) is 89.9 Å². The lowest BCUT2D eigenvalue weighted by molar-refractivity contribution is -0.150. The zero-order chi connectivity index (χ0) is 27.5. The molecule has 2 amide bonds. The third kappa shape index (κ3) is 6.73. The van der Waals surface area contributed by atoms with Crippen molar-refractivity contribution in [2.24, 2.45) is 16.7 Å². The Morgan fingerprint density at radius 3 is 2.32 bits per heavy atom. The number of ether oxygens (including phenoxy) is 2. The molecule has 206 valence electrons. The van der Waals surface area contributed by atoms with Crippen LogP contribution in [-0.2, 0) is 9.59 Å². The maximum Gasteiger partial charge on any atom is 0.309 e. The van der Waals surface area contributed by atoms with Crippen molar-refractivity contribution >= 4 is 17.8 Å². The van der Waals surface area contributed by atoms with Gasteiger partial charge in [0.2, 0.25) is 5.91 Å². The molecule has 3 N–H and O–H groups in total. The quantitative estimate of drug-likeness (QED) is 0.458. The van der Waals surface area contributed by atoms with E-state index in [-0.39, 0.29) is 52.5 Å². The fraction of sp³-hybridized carbons (Fsp3) is 0.679. The standard InChI is InChI=1S/C28H41FN2O6/c1-16(27(2,3)4)30-24(32)18-8-7-9-21(18)31-25(33)19-14-23(20(29)15-22(19)36-6)37-17-10-12-28(5,13-11-17)26(34)35/h14-18,21H,7-13H2,1-6H3,(H,30,32)(H,31,33)(H,34,35)/t16-,17?,18-,21+,28?/m0/s1. The number of carboxylic acids is 1. The molecule has 37 heavy (non-hydrogen) atoms. The van der Waals surface area contributed by atoms with E-state index in [2.05, 4.69) is 31.4 Å². The Morgan fingerprint density at radius 2 is 1.76 bits per heavy atom. The van der Waals surface area contributed by atoms with E-state index < -0.39 is 23.1 Å². The first-order valence-electron chi connectivity index (χ1n) is 13.1. The van der Waals surface area contributed by atoms with Crippen molar-refractivity contribution in [1.82, 2.24) is 10.6 Å². The van der Waals surface area contributed by atoms with Crippen LogP contribution < -0.4 is 20.1 Å². The van der Waals surface area contributed by atoms with Gasteiger partial charge in [-0.3, -0.25) is 14.4 Å².